The van der Waals surface area contributed by atoms with Crippen molar-refractivity contribution in [3.05, 3.63) is 0 Å². The van der Waals surface area contributed by atoms with Gasteiger partial charge < -0.3 is 14.9 Å². The van der Waals surface area contributed by atoms with Crippen molar-refractivity contribution in [2.24, 2.45) is 0 Å². The van der Waals surface area contributed by atoms with Crippen LogP contribution < -0.4 is 0 Å². The van der Waals surface area contributed by atoms with Crippen molar-refractivity contribution >= 4 is 5.97 Å². The summed E-state index contributed by atoms with van der Waals surface area (Å²) < 4.78 is 5.05. The molecule has 0 amide bonds. The molecule has 2 atom stereocenters. The van der Waals surface area contributed by atoms with E-state index in [2.05, 4.69) is 6.92 Å². The van der Waals surface area contributed by atoms with Gasteiger partial charge in [0.1, 0.15) is 12.2 Å². The number of rotatable bonds is 8. The van der Waals surface area contributed by atoms with Crippen LogP contribution >= 0.6 is 0 Å². The molecule has 90 valence electrons. The highest BCUT2D eigenvalue weighted by Crippen LogP contribution is 2.08. The molecule has 0 aromatic rings. The average molecular weight is 218 g/mol. The van der Waals surface area contributed by atoms with Crippen molar-refractivity contribution in [3.63, 3.8) is 0 Å². The smallest absolute Gasteiger partial charge is 0.306 e. The van der Waals surface area contributed by atoms with Crippen molar-refractivity contribution < 1.29 is 19.7 Å². The number of unbranched alkanes of at least 4 members (excludes halogenated alkanes) is 2. The van der Waals surface area contributed by atoms with Crippen LogP contribution in [0.2, 0.25) is 0 Å². The molecule has 0 aromatic carbocycles. The van der Waals surface area contributed by atoms with Crippen LogP contribution in [0.15, 0.2) is 0 Å². The lowest BCUT2D eigenvalue weighted by molar-refractivity contribution is -0.156. The second kappa shape index (κ2) is 8.68. The molecular formula is C11H22O4. The summed E-state index contributed by atoms with van der Waals surface area (Å²) in [5.74, 6) is -0.289. The average Bonchev–Trinajstić information content (AvgIpc) is 2.25. The maximum absolute atomic E-state index is 11.3. The number of hydrogen-bond acceptors (Lipinski definition) is 4. The summed E-state index contributed by atoms with van der Waals surface area (Å²) in [6, 6.07) is 0. The Hall–Kier alpha value is -0.610. The molecule has 0 aliphatic rings. The van der Waals surface area contributed by atoms with Gasteiger partial charge in [-0.05, 0) is 12.8 Å². The largest absolute Gasteiger partial charge is 0.460 e. The summed E-state index contributed by atoms with van der Waals surface area (Å²) in [7, 11) is 0. The van der Waals surface area contributed by atoms with Gasteiger partial charge in [0.15, 0.2) is 0 Å². The number of aliphatic hydroxyl groups is 2. The maximum Gasteiger partial charge on any atom is 0.306 e. The van der Waals surface area contributed by atoms with E-state index in [1.165, 1.54) is 0 Å². The van der Waals surface area contributed by atoms with Crippen LogP contribution in [0.5, 0.6) is 0 Å². The topological polar surface area (TPSA) is 66.8 Å². The Balaban J connectivity index is 3.80. The van der Waals surface area contributed by atoms with Crippen molar-refractivity contribution in [3.8, 4) is 0 Å². The fourth-order valence-electron chi connectivity index (χ4n) is 1.30. The number of carbonyl (C=O) groups excluding carboxylic acids is 1. The van der Waals surface area contributed by atoms with Gasteiger partial charge in [-0.1, -0.05) is 26.7 Å². The Labute approximate surface area is 91.3 Å². The second-order valence-corrected chi connectivity index (χ2v) is 3.64. The number of hydrogen-bond donors (Lipinski definition) is 2. The number of ether oxygens (including phenoxy) is 1. The van der Waals surface area contributed by atoms with E-state index in [9.17, 15) is 9.90 Å². The third-order valence-corrected chi connectivity index (χ3v) is 2.29. The van der Waals surface area contributed by atoms with Crippen LogP contribution in [-0.2, 0) is 9.53 Å². The van der Waals surface area contributed by atoms with E-state index in [1.54, 1.807) is 0 Å². The van der Waals surface area contributed by atoms with E-state index in [1.807, 2.05) is 6.92 Å². The zero-order valence-corrected chi connectivity index (χ0v) is 9.61. The summed E-state index contributed by atoms with van der Waals surface area (Å²) >= 11 is 0. The summed E-state index contributed by atoms with van der Waals surface area (Å²) in [5.41, 5.74) is 0. The zero-order chi connectivity index (χ0) is 11.7. The minimum atomic E-state index is -0.967. The highest BCUT2D eigenvalue weighted by Gasteiger charge is 2.20. The molecule has 0 fully saturated rings. The standard InChI is InChI=1S/C11H22O4/c1-3-5-6-7-11(14)15-10(4-2)9(13)8-12/h9-10,12-13H,3-8H2,1-2H3. The molecule has 0 saturated carbocycles. The van der Waals surface area contributed by atoms with Gasteiger partial charge in [-0.15, -0.1) is 0 Å². The molecular weight excluding hydrogens is 196 g/mol. The van der Waals surface area contributed by atoms with E-state index in [0.717, 1.165) is 19.3 Å². The Morgan fingerprint density at radius 2 is 2.00 bits per heavy atom. The van der Waals surface area contributed by atoms with E-state index in [0.29, 0.717) is 12.8 Å². The number of aliphatic hydroxyl groups excluding tert-OH is 2. The Kier molecular flexibility index (Phi) is 8.33. The van der Waals surface area contributed by atoms with Gasteiger partial charge >= 0.3 is 5.97 Å². The second-order valence-electron chi connectivity index (χ2n) is 3.64. The number of carbonyl (C=O) groups is 1. The van der Waals surface area contributed by atoms with Gasteiger partial charge in [0.25, 0.3) is 0 Å². The minimum absolute atomic E-state index is 0.289. The Morgan fingerprint density at radius 1 is 1.33 bits per heavy atom. The van der Waals surface area contributed by atoms with E-state index in [4.69, 9.17) is 9.84 Å². The van der Waals surface area contributed by atoms with Crippen LogP contribution in [0.4, 0.5) is 0 Å². The van der Waals surface area contributed by atoms with Crippen LogP contribution in [-0.4, -0.2) is 35.0 Å². The van der Waals surface area contributed by atoms with Crippen LogP contribution in [0.3, 0.4) is 0 Å². The lowest BCUT2D eigenvalue weighted by atomic mass is 10.1. The molecule has 0 heterocycles. The molecule has 4 heteroatoms. The normalized spacial score (nSPS) is 14.7. The first-order valence-corrected chi connectivity index (χ1v) is 5.64. The highest BCUT2D eigenvalue weighted by atomic mass is 16.6. The molecule has 0 aromatic heterocycles. The van der Waals surface area contributed by atoms with Gasteiger partial charge in [0.05, 0.1) is 6.61 Å². The molecule has 0 spiro atoms. The van der Waals surface area contributed by atoms with Gasteiger partial charge in [-0.2, -0.15) is 0 Å². The Morgan fingerprint density at radius 3 is 2.47 bits per heavy atom. The first kappa shape index (κ1) is 14.4. The molecule has 15 heavy (non-hydrogen) atoms. The van der Waals surface area contributed by atoms with E-state index >= 15 is 0 Å². The molecule has 0 rings (SSSR count). The SMILES string of the molecule is CCCCCC(=O)OC(CC)C(O)CO. The first-order chi connectivity index (χ1) is 7.15. The lowest BCUT2D eigenvalue weighted by Crippen LogP contribution is -2.33. The Bertz CT molecular complexity index is 170. The number of esters is 1. The summed E-state index contributed by atoms with van der Waals surface area (Å²) in [5, 5.41) is 18.0. The molecule has 0 saturated heterocycles. The monoisotopic (exact) mass is 218 g/mol. The quantitative estimate of drug-likeness (QED) is 0.475. The van der Waals surface area contributed by atoms with E-state index < -0.39 is 12.2 Å². The van der Waals surface area contributed by atoms with Crippen molar-refractivity contribution in [1.82, 2.24) is 0 Å². The molecule has 2 unspecified atom stereocenters. The molecule has 0 radical (unpaired) electrons. The summed E-state index contributed by atoms with van der Waals surface area (Å²) in [4.78, 5) is 11.3. The fraction of sp³-hybridized carbons (Fsp3) is 0.909. The summed E-state index contributed by atoms with van der Waals surface area (Å²) in [6.07, 6.45) is 2.25. The molecule has 0 aliphatic carbocycles. The van der Waals surface area contributed by atoms with Crippen molar-refractivity contribution in [1.29, 1.82) is 0 Å². The van der Waals surface area contributed by atoms with Crippen molar-refractivity contribution in [2.75, 3.05) is 6.61 Å². The van der Waals surface area contributed by atoms with Crippen molar-refractivity contribution in [2.45, 2.75) is 58.2 Å². The van der Waals surface area contributed by atoms with Gasteiger partial charge in [0, 0.05) is 6.42 Å². The first-order valence-electron chi connectivity index (χ1n) is 5.64. The molecule has 2 N–H and O–H groups in total. The molecule has 4 nitrogen and oxygen atoms in total. The third-order valence-electron chi connectivity index (χ3n) is 2.29. The zero-order valence-electron chi connectivity index (χ0n) is 9.61. The predicted octanol–water partition coefficient (Wildman–Crippen LogP) is 1.24. The van der Waals surface area contributed by atoms with Crippen LogP contribution in [0, 0.1) is 0 Å². The van der Waals surface area contributed by atoms with E-state index in [-0.39, 0.29) is 12.6 Å². The van der Waals surface area contributed by atoms with Gasteiger partial charge in [0.2, 0.25) is 0 Å². The highest BCUT2D eigenvalue weighted by molar-refractivity contribution is 5.69. The van der Waals surface area contributed by atoms with Gasteiger partial charge in [-0.3, -0.25) is 4.79 Å². The summed E-state index contributed by atoms with van der Waals surface area (Å²) in [6.45, 7) is 3.50. The molecule has 0 aliphatic heterocycles. The molecule has 0 bridgehead atoms. The van der Waals surface area contributed by atoms with Crippen LogP contribution in [0.25, 0.3) is 0 Å². The van der Waals surface area contributed by atoms with Crippen LogP contribution in [0.1, 0.15) is 46.0 Å². The minimum Gasteiger partial charge on any atom is -0.460 e. The fourth-order valence-corrected chi connectivity index (χ4v) is 1.30. The van der Waals surface area contributed by atoms with Gasteiger partial charge in [-0.25, -0.2) is 0 Å². The lowest BCUT2D eigenvalue weighted by Gasteiger charge is -2.20. The third kappa shape index (κ3) is 6.47. The predicted molar refractivity (Wildman–Crippen MR) is 57.4 cm³/mol. The maximum atomic E-state index is 11.3.